The smallest absolute Gasteiger partial charge is 0.331 e. The number of ether oxygens (including phenoxy) is 5. The number of esters is 1. The van der Waals surface area contributed by atoms with E-state index in [0.717, 1.165) is 22.3 Å². The lowest BCUT2D eigenvalue weighted by Crippen LogP contribution is -2.69. The van der Waals surface area contributed by atoms with Gasteiger partial charge in [0.1, 0.15) is 18.4 Å². The third-order valence-electron chi connectivity index (χ3n) is 12.2. The average Bonchev–Trinajstić information content (AvgIpc) is 3.62. The molecule has 1 unspecified atom stereocenters. The summed E-state index contributed by atoms with van der Waals surface area (Å²) in [6, 6.07) is 5.46. The highest BCUT2D eigenvalue weighted by atomic mass is 32.2. The van der Waals surface area contributed by atoms with Crippen LogP contribution in [0.5, 0.6) is 40.2 Å². The van der Waals surface area contributed by atoms with Gasteiger partial charge in [0.2, 0.25) is 6.79 Å². The fraction of sp³-hybridized carbons (Fsp3) is 0.474. The fourth-order valence-corrected chi connectivity index (χ4v) is 11.6. The third-order valence-corrected chi connectivity index (χ3v) is 13.7. The second-order valence-electron chi connectivity index (χ2n) is 14.5. The van der Waals surface area contributed by atoms with Crippen molar-refractivity contribution in [3.63, 3.8) is 0 Å². The lowest BCUT2D eigenvalue weighted by Gasteiger charge is -2.62. The molecule has 10 rings (SSSR count). The molecule has 7 aliphatic rings. The third kappa shape index (κ3) is 4.24. The van der Waals surface area contributed by atoms with Crippen LogP contribution >= 0.6 is 11.8 Å². The van der Waals surface area contributed by atoms with Crippen molar-refractivity contribution in [3.05, 3.63) is 62.7 Å². The molecule has 3 aromatic carbocycles. The van der Waals surface area contributed by atoms with Crippen LogP contribution < -0.4 is 24.3 Å². The molecule has 2 fully saturated rings. The minimum Gasteiger partial charge on any atom is -0.507 e. The Bertz CT molecular complexity index is 2100. The maximum absolute atomic E-state index is 14.6. The van der Waals surface area contributed by atoms with E-state index in [9.17, 15) is 25.4 Å². The molecule has 0 aromatic heterocycles. The van der Waals surface area contributed by atoms with E-state index < -0.39 is 40.9 Å². The summed E-state index contributed by atoms with van der Waals surface area (Å²) in [6.07, 6.45) is 1.09. The number of likely N-dealkylation sites (N-methyl/N-ethyl adjacent to an activating group) is 1. The molecule has 52 heavy (non-hydrogen) atoms. The summed E-state index contributed by atoms with van der Waals surface area (Å²) in [4.78, 5) is 19.0. The summed E-state index contributed by atoms with van der Waals surface area (Å²) in [7, 11) is 5.01. The molecule has 0 saturated carbocycles. The van der Waals surface area contributed by atoms with Crippen molar-refractivity contribution in [2.24, 2.45) is 0 Å². The number of thioether (sulfide) groups is 1. The Balaban J connectivity index is 1.31. The zero-order chi connectivity index (χ0) is 36.4. The summed E-state index contributed by atoms with van der Waals surface area (Å²) in [5.41, 5.74) is 4.43. The van der Waals surface area contributed by atoms with Crippen LogP contribution in [-0.2, 0) is 27.9 Å². The second-order valence-corrected chi connectivity index (χ2v) is 15.6. The molecule has 0 aliphatic carbocycles. The van der Waals surface area contributed by atoms with E-state index in [2.05, 4.69) is 21.2 Å². The first-order valence-corrected chi connectivity index (χ1v) is 18.5. The Morgan fingerprint density at radius 2 is 1.81 bits per heavy atom. The van der Waals surface area contributed by atoms with Gasteiger partial charge in [-0.2, -0.15) is 5.26 Å². The standard InChI is InChI=1S/C38H40N4O9S/c1-16-8-19-9-21-22(12-39)42-23-13-49-37(46)38(20-11-25(47-4)24(43)10-18(20)6-7-40-38)14-52-36(28-27(23)35-34(50-15-51-35)17(2)31(28)44)30(42)29(41(21)3)26(19)32(45)33(16)48-5/h8,10-11,21-23,29-30,36,40,43-45H,6-7,9,13-15H2,1-5H3/t21-,22-,23-,29-,30?,36+,38+/m0/s1. The van der Waals surface area contributed by atoms with E-state index in [1.165, 1.54) is 18.9 Å². The predicted octanol–water partition coefficient (Wildman–Crippen LogP) is 3.77. The number of hydrogen-bond acceptors (Lipinski definition) is 14. The van der Waals surface area contributed by atoms with Crippen LogP contribution in [0, 0.1) is 25.2 Å². The largest absolute Gasteiger partial charge is 0.507 e. The first-order valence-electron chi connectivity index (χ1n) is 17.4. The van der Waals surface area contributed by atoms with Gasteiger partial charge in [-0.15, -0.1) is 11.8 Å². The molecule has 4 bridgehead atoms. The van der Waals surface area contributed by atoms with Gasteiger partial charge in [-0.05, 0) is 68.1 Å². The maximum atomic E-state index is 14.6. The van der Waals surface area contributed by atoms with Crippen molar-refractivity contribution in [2.75, 3.05) is 47.0 Å². The molecule has 13 nitrogen and oxygen atoms in total. The number of piperazine rings is 1. The van der Waals surface area contributed by atoms with Gasteiger partial charge < -0.3 is 39.0 Å². The molecule has 4 N–H and O–H groups in total. The topological polar surface area (TPSA) is 166 Å². The van der Waals surface area contributed by atoms with Crippen LogP contribution in [0.2, 0.25) is 0 Å². The highest BCUT2D eigenvalue weighted by molar-refractivity contribution is 7.99. The second kappa shape index (κ2) is 11.7. The highest BCUT2D eigenvalue weighted by Crippen LogP contribution is 2.64. The molecule has 1 spiro atoms. The van der Waals surface area contributed by atoms with Crippen LogP contribution in [-0.4, -0.2) is 96.2 Å². The Hall–Kier alpha value is -4.55. The maximum Gasteiger partial charge on any atom is 0.331 e. The minimum atomic E-state index is -1.33. The number of carbonyl (C=O) groups excluding carboxylic acids is 1. The van der Waals surface area contributed by atoms with Crippen molar-refractivity contribution in [1.82, 2.24) is 15.1 Å². The van der Waals surface area contributed by atoms with Crippen LogP contribution in [0.1, 0.15) is 61.8 Å². The number of nitriles is 1. The lowest BCUT2D eigenvalue weighted by atomic mass is 9.71. The van der Waals surface area contributed by atoms with Gasteiger partial charge in [-0.3, -0.25) is 15.1 Å². The number of fused-ring (bicyclic) bond motifs is 9. The molecule has 7 aliphatic heterocycles. The Morgan fingerprint density at radius 1 is 1.02 bits per heavy atom. The number of carbonyl (C=O) groups is 1. The summed E-state index contributed by atoms with van der Waals surface area (Å²) >= 11 is 1.48. The van der Waals surface area contributed by atoms with Crippen LogP contribution in [0.25, 0.3) is 0 Å². The van der Waals surface area contributed by atoms with E-state index in [0.29, 0.717) is 58.9 Å². The number of benzene rings is 3. The number of phenolic OH excluding ortho intramolecular Hbond substituents is 3. The van der Waals surface area contributed by atoms with Crippen molar-refractivity contribution in [1.29, 1.82) is 5.26 Å². The number of rotatable bonds is 2. The van der Waals surface area contributed by atoms with Crippen molar-refractivity contribution in [3.8, 4) is 46.3 Å². The number of nitrogens with one attached hydrogen (secondary N) is 1. The normalized spacial score (nSPS) is 30.0. The predicted molar refractivity (Wildman–Crippen MR) is 188 cm³/mol. The quantitative estimate of drug-likeness (QED) is 0.282. The van der Waals surface area contributed by atoms with E-state index in [4.69, 9.17) is 23.7 Å². The van der Waals surface area contributed by atoms with Crippen molar-refractivity contribution < 1.29 is 43.8 Å². The summed E-state index contributed by atoms with van der Waals surface area (Å²) < 4.78 is 29.7. The van der Waals surface area contributed by atoms with E-state index in [-0.39, 0.29) is 48.2 Å². The first kappa shape index (κ1) is 33.3. The highest BCUT2D eigenvalue weighted by Gasteiger charge is 2.61. The van der Waals surface area contributed by atoms with Crippen LogP contribution in [0.4, 0.5) is 0 Å². The van der Waals surface area contributed by atoms with Gasteiger partial charge in [0.25, 0.3) is 0 Å². The molecular formula is C38H40N4O9S. The summed E-state index contributed by atoms with van der Waals surface area (Å²) in [6.45, 7) is 3.98. The van der Waals surface area contributed by atoms with E-state index >= 15 is 0 Å². The molecule has 0 amide bonds. The van der Waals surface area contributed by atoms with Crippen molar-refractivity contribution in [2.45, 2.75) is 67.7 Å². The first-order chi connectivity index (χ1) is 25.1. The van der Waals surface area contributed by atoms with Crippen LogP contribution in [0.15, 0.2) is 18.2 Å². The van der Waals surface area contributed by atoms with Gasteiger partial charge in [0, 0.05) is 46.6 Å². The fourth-order valence-electron chi connectivity index (χ4n) is 9.92. The number of hydrogen-bond donors (Lipinski definition) is 4. The van der Waals surface area contributed by atoms with E-state index in [1.807, 2.05) is 20.0 Å². The Labute approximate surface area is 305 Å². The molecule has 7 heterocycles. The summed E-state index contributed by atoms with van der Waals surface area (Å²) in [5, 5.41) is 48.8. The van der Waals surface area contributed by atoms with Crippen molar-refractivity contribution >= 4 is 17.7 Å². The number of aromatic hydroxyl groups is 3. The van der Waals surface area contributed by atoms with Crippen LogP contribution in [0.3, 0.4) is 0 Å². The van der Waals surface area contributed by atoms with Gasteiger partial charge >= 0.3 is 5.97 Å². The number of methoxy groups -OCH3 is 2. The molecule has 272 valence electrons. The monoisotopic (exact) mass is 728 g/mol. The molecular weight excluding hydrogens is 689 g/mol. The van der Waals surface area contributed by atoms with Gasteiger partial charge in [0.15, 0.2) is 40.0 Å². The number of phenols is 3. The zero-order valence-electron chi connectivity index (χ0n) is 29.5. The van der Waals surface area contributed by atoms with E-state index in [1.54, 1.807) is 26.2 Å². The molecule has 7 atom stereocenters. The molecule has 0 radical (unpaired) electrons. The lowest BCUT2D eigenvalue weighted by molar-refractivity contribution is -0.157. The number of aryl methyl sites for hydroxylation is 1. The Kier molecular flexibility index (Phi) is 7.51. The minimum absolute atomic E-state index is 0.0111. The van der Waals surface area contributed by atoms with Gasteiger partial charge in [-0.25, -0.2) is 4.79 Å². The summed E-state index contributed by atoms with van der Waals surface area (Å²) in [5.74, 6) is 1.34. The number of nitrogens with zero attached hydrogens (tertiary/aromatic N) is 3. The van der Waals surface area contributed by atoms with Gasteiger partial charge in [0.05, 0.1) is 37.6 Å². The average molecular weight is 729 g/mol. The molecule has 3 aromatic rings. The Morgan fingerprint density at radius 3 is 2.56 bits per heavy atom. The zero-order valence-corrected chi connectivity index (χ0v) is 30.3. The SMILES string of the molecule is COc1cc2c(cc1O)CCN[C@]21CS[C@@H]2c3c(O)c(C)c4c(c3[C@H](COC1=O)N1C2[C@@H]2c3c(cc(C)c(OC)c3O)C[C@@H]([C@@H]1C#N)N2C)OCO4. The molecule has 14 heteroatoms. The van der Waals surface area contributed by atoms with Gasteiger partial charge in [-0.1, -0.05) is 6.07 Å². The molecule has 2 saturated heterocycles.